The zero-order chi connectivity index (χ0) is 15.1. The van der Waals surface area contributed by atoms with Gasteiger partial charge in [0, 0.05) is 18.8 Å². The van der Waals surface area contributed by atoms with Crippen LogP contribution in [0.3, 0.4) is 0 Å². The van der Waals surface area contributed by atoms with Gasteiger partial charge in [0.05, 0.1) is 0 Å². The van der Waals surface area contributed by atoms with Gasteiger partial charge >= 0.3 is 0 Å². The van der Waals surface area contributed by atoms with Gasteiger partial charge in [0.25, 0.3) is 5.91 Å². The smallest absolute Gasteiger partial charge is 0.270 e. The summed E-state index contributed by atoms with van der Waals surface area (Å²) in [5.74, 6) is 1.90. The number of hydrogen-bond acceptors (Lipinski definition) is 1. The van der Waals surface area contributed by atoms with Crippen molar-refractivity contribution < 1.29 is 4.79 Å². The van der Waals surface area contributed by atoms with Crippen LogP contribution in [0, 0.1) is 18.8 Å². The lowest BCUT2D eigenvalue weighted by Crippen LogP contribution is -2.30. The normalized spacial score (nSPS) is 25.7. The van der Waals surface area contributed by atoms with Gasteiger partial charge in [-0.25, -0.2) is 0 Å². The van der Waals surface area contributed by atoms with Crippen LogP contribution in [-0.4, -0.2) is 28.9 Å². The minimum atomic E-state index is 0.257. The van der Waals surface area contributed by atoms with Crippen molar-refractivity contribution in [1.29, 1.82) is 0 Å². The van der Waals surface area contributed by atoms with Gasteiger partial charge in [0.2, 0.25) is 0 Å². The van der Waals surface area contributed by atoms with Crippen molar-refractivity contribution in [3.05, 3.63) is 22.5 Å². The molecule has 0 radical (unpaired) electrons. The highest BCUT2D eigenvalue weighted by Gasteiger charge is 2.34. The molecule has 1 saturated heterocycles. The minimum Gasteiger partial charge on any atom is -0.354 e. The van der Waals surface area contributed by atoms with Gasteiger partial charge in [0.1, 0.15) is 5.69 Å². The summed E-state index contributed by atoms with van der Waals surface area (Å²) in [6, 6.07) is 0. The van der Waals surface area contributed by atoms with Gasteiger partial charge < -0.3 is 9.88 Å². The monoisotopic (exact) mass is 300 g/mol. The van der Waals surface area contributed by atoms with Crippen LogP contribution in [0.2, 0.25) is 0 Å². The molecule has 3 aliphatic rings. The SMILES string of the molecule is Cc1c(C(=O)N2CCC(C3CCCC3)C2)[nH]c2c1CCCC2. The van der Waals surface area contributed by atoms with Crippen molar-refractivity contribution in [3.8, 4) is 0 Å². The van der Waals surface area contributed by atoms with Crippen LogP contribution >= 0.6 is 0 Å². The molecule has 2 fully saturated rings. The molecule has 4 rings (SSSR count). The number of rotatable bonds is 2. The average molecular weight is 300 g/mol. The van der Waals surface area contributed by atoms with Crippen LogP contribution in [-0.2, 0) is 12.8 Å². The number of likely N-dealkylation sites (tertiary alicyclic amines) is 1. The fourth-order valence-electron chi connectivity index (χ4n) is 5.01. The first kappa shape index (κ1) is 14.3. The molecule has 1 aliphatic heterocycles. The van der Waals surface area contributed by atoms with Gasteiger partial charge in [-0.2, -0.15) is 0 Å². The lowest BCUT2D eigenvalue weighted by molar-refractivity contribution is 0.0776. The Balaban J connectivity index is 1.49. The van der Waals surface area contributed by atoms with Crippen LogP contribution in [0.25, 0.3) is 0 Å². The molecular formula is C19H28N2O. The standard InChI is InChI=1S/C19H28N2O/c1-13-16-8-4-5-9-17(16)20-18(13)19(22)21-11-10-15(12-21)14-6-2-3-7-14/h14-15,20H,2-12H2,1H3. The second-order valence-electron chi connectivity index (χ2n) is 7.63. The third-order valence-corrected chi connectivity index (χ3v) is 6.36. The van der Waals surface area contributed by atoms with E-state index < -0.39 is 0 Å². The number of carbonyl (C=O) groups is 1. The molecule has 3 nitrogen and oxygen atoms in total. The third-order valence-electron chi connectivity index (χ3n) is 6.36. The number of amides is 1. The topological polar surface area (TPSA) is 36.1 Å². The number of nitrogens with zero attached hydrogens (tertiary/aromatic N) is 1. The second kappa shape index (κ2) is 5.75. The fraction of sp³-hybridized carbons (Fsp3) is 0.737. The Morgan fingerprint density at radius 3 is 2.59 bits per heavy atom. The maximum atomic E-state index is 12.9. The van der Waals surface area contributed by atoms with E-state index in [9.17, 15) is 4.79 Å². The summed E-state index contributed by atoms with van der Waals surface area (Å²) in [5, 5.41) is 0. The Kier molecular flexibility index (Phi) is 3.75. The molecule has 22 heavy (non-hydrogen) atoms. The van der Waals surface area contributed by atoms with Crippen LogP contribution in [0.4, 0.5) is 0 Å². The molecule has 1 amide bonds. The second-order valence-corrected chi connectivity index (χ2v) is 7.63. The van der Waals surface area contributed by atoms with Crippen molar-refractivity contribution in [1.82, 2.24) is 9.88 Å². The number of hydrogen-bond donors (Lipinski definition) is 1. The highest BCUT2D eigenvalue weighted by Crippen LogP contribution is 2.37. The number of aryl methyl sites for hydroxylation is 1. The largest absolute Gasteiger partial charge is 0.354 e. The van der Waals surface area contributed by atoms with E-state index >= 15 is 0 Å². The number of carbonyl (C=O) groups excluding carboxylic acids is 1. The number of aromatic nitrogens is 1. The van der Waals surface area contributed by atoms with Crippen LogP contribution in [0.1, 0.15) is 72.3 Å². The van der Waals surface area contributed by atoms with Crippen molar-refractivity contribution in [2.75, 3.05) is 13.1 Å². The van der Waals surface area contributed by atoms with Crippen LogP contribution in [0.5, 0.6) is 0 Å². The fourth-order valence-corrected chi connectivity index (χ4v) is 5.01. The summed E-state index contributed by atoms with van der Waals surface area (Å²) in [6.45, 7) is 4.09. The van der Waals surface area contributed by atoms with Crippen molar-refractivity contribution in [3.63, 3.8) is 0 Å². The molecule has 1 aromatic rings. The van der Waals surface area contributed by atoms with Crippen molar-refractivity contribution in [2.24, 2.45) is 11.8 Å². The summed E-state index contributed by atoms with van der Waals surface area (Å²) in [4.78, 5) is 18.5. The Bertz CT molecular complexity index is 568. The molecule has 0 spiro atoms. The predicted molar refractivity (Wildman–Crippen MR) is 88.1 cm³/mol. The van der Waals surface area contributed by atoms with Gasteiger partial charge in [-0.3, -0.25) is 4.79 Å². The molecule has 3 heteroatoms. The van der Waals surface area contributed by atoms with Gasteiger partial charge in [-0.15, -0.1) is 0 Å². The molecule has 1 aromatic heterocycles. The molecule has 1 saturated carbocycles. The van der Waals surface area contributed by atoms with E-state index in [4.69, 9.17) is 0 Å². The molecule has 2 heterocycles. The summed E-state index contributed by atoms with van der Waals surface area (Å²) in [6.07, 6.45) is 11.6. The van der Waals surface area contributed by atoms with Gasteiger partial charge in [0.15, 0.2) is 0 Å². The summed E-state index contributed by atoms with van der Waals surface area (Å²) < 4.78 is 0. The molecule has 2 aliphatic carbocycles. The Hall–Kier alpha value is -1.25. The molecule has 120 valence electrons. The van der Waals surface area contributed by atoms with Crippen molar-refractivity contribution >= 4 is 5.91 Å². The molecule has 1 N–H and O–H groups in total. The Morgan fingerprint density at radius 1 is 1.05 bits per heavy atom. The van der Waals surface area contributed by atoms with E-state index in [-0.39, 0.29) is 5.91 Å². The molecular weight excluding hydrogens is 272 g/mol. The minimum absolute atomic E-state index is 0.257. The third kappa shape index (κ3) is 2.39. The number of aromatic amines is 1. The highest BCUT2D eigenvalue weighted by atomic mass is 16.2. The van der Waals surface area contributed by atoms with E-state index in [1.807, 2.05) is 0 Å². The van der Waals surface area contributed by atoms with E-state index in [1.54, 1.807) is 0 Å². The Morgan fingerprint density at radius 2 is 1.82 bits per heavy atom. The number of nitrogens with one attached hydrogen (secondary N) is 1. The first-order valence-corrected chi connectivity index (χ1v) is 9.23. The quantitative estimate of drug-likeness (QED) is 0.884. The maximum Gasteiger partial charge on any atom is 0.270 e. The van der Waals surface area contributed by atoms with E-state index in [0.29, 0.717) is 0 Å². The zero-order valence-corrected chi connectivity index (χ0v) is 13.8. The van der Waals surface area contributed by atoms with Crippen LogP contribution < -0.4 is 0 Å². The molecule has 0 aromatic carbocycles. The molecule has 1 atom stereocenters. The number of H-pyrrole nitrogens is 1. The lowest BCUT2D eigenvalue weighted by Gasteiger charge is -2.19. The predicted octanol–water partition coefficient (Wildman–Crippen LogP) is 3.85. The van der Waals surface area contributed by atoms with Gasteiger partial charge in [-0.1, -0.05) is 25.7 Å². The van der Waals surface area contributed by atoms with Crippen molar-refractivity contribution in [2.45, 2.75) is 64.7 Å². The summed E-state index contributed by atoms with van der Waals surface area (Å²) in [7, 11) is 0. The zero-order valence-electron chi connectivity index (χ0n) is 13.8. The summed E-state index contributed by atoms with van der Waals surface area (Å²) in [5.41, 5.74) is 4.88. The molecule has 0 bridgehead atoms. The average Bonchev–Trinajstić information content (AvgIpc) is 3.26. The summed E-state index contributed by atoms with van der Waals surface area (Å²) >= 11 is 0. The lowest BCUT2D eigenvalue weighted by atomic mass is 9.90. The number of fused-ring (bicyclic) bond motifs is 1. The van der Waals surface area contributed by atoms with E-state index in [2.05, 4.69) is 16.8 Å². The van der Waals surface area contributed by atoms with E-state index in [1.165, 1.54) is 61.8 Å². The van der Waals surface area contributed by atoms with Crippen LogP contribution in [0.15, 0.2) is 0 Å². The van der Waals surface area contributed by atoms with Gasteiger partial charge in [-0.05, 0) is 62.0 Å². The molecule has 1 unspecified atom stereocenters. The Labute approximate surface area is 133 Å². The maximum absolute atomic E-state index is 12.9. The first-order chi connectivity index (χ1) is 10.7. The first-order valence-electron chi connectivity index (χ1n) is 9.23. The van der Waals surface area contributed by atoms with E-state index in [0.717, 1.165) is 43.5 Å². The highest BCUT2D eigenvalue weighted by molar-refractivity contribution is 5.94.